The zero-order valence-corrected chi connectivity index (χ0v) is 15.9. The number of hydrogen-bond donors (Lipinski definition) is 0. The Morgan fingerprint density at radius 3 is 2.88 bits per heavy atom. The van der Waals surface area contributed by atoms with E-state index in [1.165, 1.54) is 16.9 Å². The van der Waals surface area contributed by atoms with Gasteiger partial charge in [0, 0.05) is 12.7 Å². The molecule has 2 aromatic heterocycles. The van der Waals surface area contributed by atoms with Gasteiger partial charge in [0.25, 0.3) is 5.91 Å². The van der Waals surface area contributed by atoms with Crippen LogP contribution in [0, 0.1) is 20.8 Å². The average molecular weight is 371 g/mol. The highest BCUT2D eigenvalue weighted by molar-refractivity contribution is 7.22. The number of carbonyl (C=O) groups excluding carboxylic acids is 1. The van der Waals surface area contributed by atoms with Crippen LogP contribution in [0.15, 0.2) is 22.7 Å². The van der Waals surface area contributed by atoms with Crippen LogP contribution in [0.1, 0.15) is 40.2 Å². The van der Waals surface area contributed by atoms with Crippen LogP contribution in [0.4, 0.5) is 5.13 Å². The number of carbonyl (C=O) groups is 1. The molecule has 26 heavy (non-hydrogen) atoms. The second kappa shape index (κ2) is 6.81. The average Bonchev–Trinajstić information content (AvgIpc) is 3.36. The highest BCUT2D eigenvalue weighted by atomic mass is 32.1. The Kier molecular flexibility index (Phi) is 4.50. The Morgan fingerprint density at radius 1 is 1.35 bits per heavy atom. The van der Waals surface area contributed by atoms with E-state index in [9.17, 15) is 4.79 Å². The minimum atomic E-state index is -0.227. The molecule has 1 aliphatic rings. The van der Waals surface area contributed by atoms with Gasteiger partial charge in [0.1, 0.15) is 0 Å². The molecular weight excluding hydrogens is 350 g/mol. The van der Waals surface area contributed by atoms with Crippen molar-refractivity contribution in [3.8, 4) is 0 Å². The number of fused-ring (bicyclic) bond motifs is 1. The Labute approximate surface area is 155 Å². The Morgan fingerprint density at radius 2 is 2.19 bits per heavy atom. The molecule has 3 aromatic rings. The highest BCUT2D eigenvalue weighted by Crippen LogP contribution is 2.33. The van der Waals surface area contributed by atoms with Gasteiger partial charge in [0.2, 0.25) is 5.76 Å². The maximum absolute atomic E-state index is 13.1. The Bertz CT molecular complexity index is 956. The predicted molar refractivity (Wildman–Crippen MR) is 101 cm³/mol. The van der Waals surface area contributed by atoms with Gasteiger partial charge < -0.3 is 9.26 Å². The lowest BCUT2D eigenvalue weighted by Gasteiger charge is -2.21. The van der Waals surface area contributed by atoms with Gasteiger partial charge in [0.15, 0.2) is 5.13 Å². The third-order valence-corrected chi connectivity index (χ3v) is 5.84. The first-order valence-electron chi connectivity index (χ1n) is 8.76. The fourth-order valence-corrected chi connectivity index (χ4v) is 4.20. The fraction of sp³-hybridized carbons (Fsp3) is 0.421. The molecule has 1 amide bonds. The number of aryl methyl sites for hydroxylation is 3. The van der Waals surface area contributed by atoms with E-state index < -0.39 is 0 Å². The summed E-state index contributed by atoms with van der Waals surface area (Å²) in [6.45, 7) is 7.14. The summed E-state index contributed by atoms with van der Waals surface area (Å²) >= 11 is 1.52. The number of ether oxygens (including phenoxy) is 1. The van der Waals surface area contributed by atoms with Crippen molar-refractivity contribution in [3.05, 3.63) is 40.8 Å². The van der Waals surface area contributed by atoms with E-state index in [2.05, 4.69) is 31.1 Å². The van der Waals surface area contributed by atoms with Crippen LogP contribution >= 0.6 is 11.3 Å². The minimum absolute atomic E-state index is 0.0258. The quantitative estimate of drug-likeness (QED) is 0.692. The number of rotatable bonds is 4. The number of thiazole rings is 1. The van der Waals surface area contributed by atoms with Gasteiger partial charge in [-0.2, -0.15) is 0 Å². The third-order valence-electron chi connectivity index (χ3n) is 4.80. The molecule has 136 valence electrons. The van der Waals surface area contributed by atoms with Crippen LogP contribution < -0.4 is 4.90 Å². The molecule has 0 radical (unpaired) electrons. The summed E-state index contributed by atoms with van der Waals surface area (Å²) in [4.78, 5) is 19.5. The Balaban J connectivity index is 1.74. The van der Waals surface area contributed by atoms with Crippen molar-refractivity contribution in [3.63, 3.8) is 0 Å². The molecule has 6 nitrogen and oxygen atoms in total. The summed E-state index contributed by atoms with van der Waals surface area (Å²) in [6, 6.07) is 5.81. The van der Waals surface area contributed by atoms with Crippen molar-refractivity contribution in [2.24, 2.45) is 0 Å². The van der Waals surface area contributed by atoms with Crippen molar-refractivity contribution in [1.82, 2.24) is 10.1 Å². The molecule has 1 aromatic carbocycles. The molecule has 1 unspecified atom stereocenters. The SMILES string of the molecule is Cc1cc(C(=O)N(CC2CCCO2)c2nc3c(C)c(C)ccc3s2)on1. The Hall–Kier alpha value is -2.25. The van der Waals surface area contributed by atoms with Gasteiger partial charge in [-0.3, -0.25) is 9.69 Å². The lowest BCUT2D eigenvalue weighted by molar-refractivity contribution is 0.0887. The van der Waals surface area contributed by atoms with Crippen molar-refractivity contribution >= 4 is 32.6 Å². The smallest absolute Gasteiger partial charge is 0.298 e. The first-order valence-corrected chi connectivity index (χ1v) is 9.58. The van der Waals surface area contributed by atoms with E-state index in [1.807, 2.05) is 0 Å². The molecule has 0 aliphatic carbocycles. The zero-order valence-electron chi connectivity index (χ0n) is 15.1. The largest absolute Gasteiger partial charge is 0.376 e. The van der Waals surface area contributed by atoms with E-state index in [0.29, 0.717) is 17.4 Å². The molecule has 1 atom stereocenters. The van der Waals surface area contributed by atoms with E-state index >= 15 is 0 Å². The first kappa shape index (κ1) is 17.2. The third kappa shape index (κ3) is 3.12. The predicted octanol–water partition coefficient (Wildman–Crippen LogP) is 4.04. The maximum Gasteiger partial charge on any atom is 0.298 e. The monoisotopic (exact) mass is 371 g/mol. The summed E-state index contributed by atoms with van der Waals surface area (Å²) in [5, 5.41) is 4.51. The van der Waals surface area contributed by atoms with Gasteiger partial charge in [-0.15, -0.1) is 0 Å². The molecule has 1 aliphatic heterocycles. The summed E-state index contributed by atoms with van der Waals surface area (Å²) in [6.07, 6.45) is 1.99. The second-order valence-electron chi connectivity index (χ2n) is 6.73. The first-order chi connectivity index (χ1) is 12.5. The number of hydrogen-bond acceptors (Lipinski definition) is 6. The van der Waals surface area contributed by atoms with Crippen LogP contribution in [0.2, 0.25) is 0 Å². The molecule has 0 saturated carbocycles. The molecule has 0 N–H and O–H groups in total. The number of nitrogens with zero attached hydrogens (tertiary/aromatic N) is 3. The van der Waals surface area contributed by atoms with Crippen LogP contribution in [0.25, 0.3) is 10.2 Å². The van der Waals surface area contributed by atoms with Crippen molar-refractivity contribution in [2.75, 3.05) is 18.1 Å². The van der Waals surface area contributed by atoms with E-state index in [-0.39, 0.29) is 17.8 Å². The highest BCUT2D eigenvalue weighted by Gasteiger charge is 2.29. The molecule has 0 spiro atoms. The van der Waals surface area contributed by atoms with E-state index in [0.717, 1.165) is 35.2 Å². The van der Waals surface area contributed by atoms with Crippen molar-refractivity contribution in [2.45, 2.75) is 39.7 Å². The molecule has 1 saturated heterocycles. The van der Waals surface area contributed by atoms with Crippen LogP contribution in [-0.4, -0.2) is 35.3 Å². The summed E-state index contributed by atoms with van der Waals surface area (Å²) < 4.78 is 12.0. The number of aromatic nitrogens is 2. The van der Waals surface area contributed by atoms with Crippen LogP contribution in [-0.2, 0) is 4.74 Å². The molecular formula is C19H21N3O3S. The topological polar surface area (TPSA) is 68.5 Å². The van der Waals surface area contributed by atoms with Gasteiger partial charge in [-0.05, 0) is 50.8 Å². The van der Waals surface area contributed by atoms with Crippen molar-refractivity contribution < 1.29 is 14.1 Å². The van der Waals surface area contributed by atoms with Crippen LogP contribution in [0.5, 0.6) is 0 Å². The maximum atomic E-state index is 13.1. The second-order valence-corrected chi connectivity index (χ2v) is 7.74. The summed E-state index contributed by atoms with van der Waals surface area (Å²) in [5.41, 5.74) is 3.97. The van der Waals surface area contributed by atoms with E-state index in [4.69, 9.17) is 14.2 Å². The molecule has 7 heteroatoms. The fourth-order valence-electron chi connectivity index (χ4n) is 3.17. The lowest BCUT2D eigenvalue weighted by atomic mass is 10.1. The zero-order chi connectivity index (χ0) is 18.3. The standard InChI is InChI=1S/C19H21N3O3S/c1-11-6-7-16-17(13(11)3)20-19(26-16)22(10-14-5-4-8-24-14)18(23)15-9-12(2)21-25-15/h6-7,9,14H,4-5,8,10H2,1-3H3. The van der Waals surface area contributed by atoms with Gasteiger partial charge in [-0.1, -0.05) is 22.6 Å². The van der Waals surface area contributed by atoms with Gasteiger partial charge in [-0.25, -0.2) is 4.98 Å². The number of anilines is 1. The minimum Gasteiger partial charge on any atom is -0.376 e. The van der Waals surface area contributed by atoms with Crippen molar-refractivity contribution in [1.29, 1.82) is 0 Å². The molecule has 0 bridgehead atoms. The normalized spacial score (nSPS) is 17.1. The lowest BCUT2D eigenvalue weighted by Crippen LogP contribution is -2.37. The molecule has 1 fully saturated rings. The van der Waals surface area contributed by atoms with E-state index in [1.54, 1.807) is 17.9 Å². The van der Waals surface area contributed by atoms with Crippen LogP contribution in [0.3, 0.4) is 0 Å². The summed E-state index contributed by atoms with van der Waals surface area (Å²) in [7, 11) is 0. The molecule has 3 heterocycles. The summed E-state index contributed by atoms with van der Waals surface area (Å²) in [5.74, 6) is 0.00202. The number of benzene rings is 1. The number of amides is 1. The van der Waals surface area contributed by atoms with Gasteiger partial charge in [0.05, 0.1) is 28.6 Å². The molecule has 4 rings (SSSR count). The van der Waals surface area contributed by atoms with Gasteiger partial charge >= 0.3 is 0 Å².